The summed E-state index contributed by atoms with van der Waals surface area (Å²) in [6.07, 6.45) is 0. The van der Waals surface area contributed by atoms with Crippen molar-refractivity contribution < 1.29 is 9.15 Å². The summed E-state index contributed by atoms with van der Waals surface area (Å²) in [4.78, 5) is 0. The van der Waals surface area contributed by atoms with Crippen molar-refractivity contribution in [1.29, 1.82) is 0 Å². The van der Waals surface area contributed by atoms with Crippen molar-refractivity contribution in [3.63, 3.8) is 0 Å². The minimum Gasteiger partial charge on any atom is -0.497 e. The molecule has 4 aromatic rings. The molecule has 0 bridgehead atoms. The summed E-state index contributed by atoms with van der Waals surface area (Å²) >= 11 is 1.41. The lowest BCUT2D eigenvalue weighted by Crippen LogP contribution is -1.90. The number of rotatable bonds is 4. The van der Waals surface area contributed by atoms with E-state index in [-0.39, 0.29) is 0 Å². The Balaban J connectivity index is 1.61. The minimum atomic E-state index is 0.322. The molecule has 6 nitrogen and oxygen atoms in total. The molecule has 0 aliphatic rings. The molecule has 0 aliphatic carbocycles. The fourth-order valence-corrected chi connectivity index (χ4v) is 2.98. The third kappa shape index (κ3) is 2.62. The lowest BCUT2D eigenvalue weighted by Gasteiger charge is -2.02. The van der Waals surface area contributed by atoms with E-state index in [1.54, 1.807) is 7.11 Å². The van der Waals surface area contributed by atoms with Crippen molar-refractivity contribution in [2.75, 3.05) is 12.4 Å². The SMILES string of the molecule is COc1ccc(Nc2nnc(-c3nsc4ccccc34)o2)cc1. The zero-order valence-corrected chi connectivity index (χ0v) is 13.0. The maximum absolute atomic E-state index is 5.68. The van der Waals surface area contributed by atoms with E-state index in [1.165, 1.54) is 11.5 Å². The van der Waals surface area contributed by atoms with Gasteiger partial charge in [0.05, 0.1) is 11.8 Å². The molecule has 1 N–H and O–H groups in total. The van der Waals surface area contributed by atoms with Crippen LogP contribution in [0.5, 0.6) is 5.75 Å². The van der Waals surface area contributed by atoms with Crippen molar-refractivity contribution in [3.05, 3.63) is 48.5 Å². The van der Waals surface area contributed by atoms with E-state index < -0.39 is 0 Å². The zero-order chi connectivity index (χ0) is 15.6. The number of ether oxygens (including phenoxy) is 1. The van der Waals surface area contributed by atoms with E-state index in [4.69, 9.17) is 9.15 Å². The molecular formula is C16H12N4O2S. The molecule has 0 radical (unpaired) electrons. The van der Waals surface area contributed by atoms with Gasteiger partial charge in [-0.15, -0.1) is 5.10 Å². The average Bonchev–Trinajstić information content (AvgIpc) is 3.22. The standard InChI is InChI=1S/C16H12N4O2S/c1-21-11-8-6-10(7-9-11)17-16-19-18-15(22-16)14-12-4-2-3-5-13(12)23-20-14/h2-9H,1H3,(H,17,19). The van der Waals surface area contributed by atoms with Gasteiger partial charge < -0.3 is 14.5 Å². The molecule has 23 heavy (non-hydrogen) atoms. The van der Waals surface area contributed by atoms with Gasteiger partial charge in [-0.3, -0.25) is 0 Å². The van der Waals surface area contributed by atoms with Gasteiger partial charge >= 0.3 is 6.01 Å². The van der Waals surface area contributed by atoms with Crippen LogP contribution in [0, 0.1) is 0 Å². The second-order valence-electron chi connectivity index (χ2n) is 4.79. The van der Waals surface area contributed by atoms with Gasteiger partial charge in [-0.25, -0.2) is 0 Å². The normalized spacial score (nSPS) is 10.8. The van der Waals surface area contributed by atoms with E-state index >= 15 is 0 Å². The van der Waals surface area contributed by atoms with Crippen molar-refractivity contribution >= 4 is 33.3 Å². The van der Waals surface area contributed by atoms with Crippen LogP contribution in [0.25, 0.3) is 21.7 Å². The van der Waals surface area contributed by atoms with Gasteiger partial charge in [-0.2, -0.15) is 4.37 Å². The molecule has 0 atom stereocenters. The van der Waals surface area contributed by atoms with Crippen LogP contribution in [-0.4, -0.2) is 21.7 Å². The largest absolute Gasteiger partial charge is 0.497 e. The lowest BCUT2D eigenvalue weighted by atomic mass is 10.2. The van der Waals surface area contributed by atoms with Gasteiger partial charge in [-0.1, -0.05) is 23.3 Å². The molecule has 0 saturated carbocycles. The summed E-state index contributed by atoms with van der Waals surface area (Å²) in [5, 5.41) is 12.2. The van der Waals surface area contributed by atoms with Crippen molar-refractivity contribution in [2.24, 2.45) is 0 Å². The average molecular weight is 324 g/mol. The Morgan fingerprint density at radius 1 is 1.04 bits per heavy atom. The van der Waals surface area contributed by atoms with Crippen LogP contribution in [-0.2, 0) is 0 Å². The molecule has 2 aromatic heterocycles. The molecule has 2 heterocycles. The lowest BCUT2D eigenvalue weighted by molar-refractivity contribution is 0.415. The second kappa shape index (κ2) is 5.69. The first-order chi connectivity index (χ1) is 11.3. The smallest absolute Gasteiger partial charge is 0.320 e. The molecule has 0 fully saturated rings. The summed E-state index contributed by atoms with van der Waals surface area (Å²) in [5.41, 5.74) is 1.55. The molecule has 114 valence electrons. The van der Waals surface area contributed by atoms with Crippen LogP contribution >= 0.6 is 11.5 Å². The van der Waals surface area contributed by atoms with Crippen LogP contribution in [0.4, 0.5) is 11.7 Å². The molecule has 0 unspecified atom stereocenters. The first-order valence-electron chi connectivity index (χ1n) is 6.93. The molecule has 7 heteroatoms. The number of anilines is 2. The van der Waals surface area contributed by atoms with Crippen LogP contribution in [0.1, 0.15) is 0 Å². The third-order valence-corrected chi connectivity index (χ3v) is 4.17. The summed E-state index contributed by atoms with van der Waals surface area (Å²) < 4.78 is 16.3. The maximum Gasteiger partial charge on any atom is 0.320 e. The number of aromatic nitrogens is 3. The Morgan fingerprint density at radius 2 is 1.87 bits per heavy atom. The van der Waals surface area contributed by atoms with E-state index in [0.29, 0.717) is 17.6 Å². The van der Waals surface area contributed by atoms with E-state index in [0.717, 1.165) is 21.5 Å². The highest BCUT2D eigenvalue weighted by atomic mass is 32.1. The number of nitrogens with one attached hydrogen (secondary N) is 1. The number of hydrogen-bond acceptors (Lipinski definition) is 7. The molecule has 0 saturated heterocycles. The van der Waals surface area contributed by atoms with Gasteiger partial charge in [0.25, 0.3) is 5.89 Å². The molecular weight excluding hydrogens is 312 g/mol. The zero-order valence-electron chi connectivity index (χ0n) is 12.2. The Hall–Kier alpha value is -2.93. The first-order valence-corrected chi connectivity index (χ1v) is 7.70. The van der Waals surface area contributed by atoms with Crippen LogP contribution in [0.3, 0.4) is 0 Å². The predicted octanol–water partition coefficient (Wildman–Crippen LogP) is 4.10. The number of nitrogens with zero attached hydrogens (tertiary/aromatic N) is 3. The molecule has 4 rings (SSSR count). The molecule has 0 aliphatic heterocycles. The van der Waals surface area contributed by atoms with Crippen LogP contribution < -0.4 is 10.1 Å². The third-order valence-electron chi connectivity index (χ3n) is 3.35. The quantitative estimate of drug-likeness (QED) is 0.609. The summed E-state index contributed by atoms with van der Waals surface area (Å²) in [6, 6.07) is 15.7. The Morgan fingerprint density at radius 3 is 2.70 bits per heavy atom. The molecule has 0 amide bonds. The fraction of sp³-hybridized carbons (Fsp3) is 0.0625. The maximum atomic E-state index is 5.68. The summed E-state index contributed by atoms with van der Waals surface area (Å²) in [6.45, 7) is 0. The number of benzene rings is 2. The number of hydrogen-bond donors (Lipinski definition) is 1. The highest BCUT2D eigenvalue weighted by molar-refractivity contribution is 7.13. The predicted molar refractivity (Wildman–Crippen MR) is 89.2 cm³/mol. The van der Waals surface area contributed by atoms with Crippen molar-refractivity contribution in [3.8, 4) is 17.3 Å². The first kappa shape index (κ1) is 13.7. The highest BCUT2D eigenvalue weighted by Crippen LogP contribution is 2.31. The van der Waals surface area contributed by atoms with Gasteiger partial charge in [0.1, 0.15) is 11.4 Å². The topological polar surface area (TPSA) is 73.1 Å². The number of fused-ring (bicyclic) bond motifs is 1. The summed E-state index contributed by atoms with van der Waals surface area (Å²) in [7, 11) is 1.63. The molecule has 0 spiro atoms. The van der Waals surface area contributed by atoms with E-state index in [2.05, 4.69) is 19.9 Å². The van der Waals surface area contributed by atoms with Gasteiger partial charge in [-0.05, 0) is 41.9 Å². The Labute approximate surface area is 135 Å². The fourth-order valence-electron chi connectivity index (χ4n) is 2.21. The Kier molecular flexibility index (Phi) is 3.39. The van der Waals surface area contributed by atoms with Crippen LogP contribution in [0.15, 0.2) is 52.9 Å². The summed E-state index contributed by atoms with van der Waals surface area (Å²) in [5.74, 6) is 1.19. The van der Waals surface area contributed by atoms with E-state index in [9.17, 15) is 0 Å². The minimum absolute atomic E-state index is 0.322. The van der Waals surface area contributed by atoms with Gasteiger partial charge in [0.2, 0.25) is 0 Å². The van der Waals surface area contributed by atoms with Crippen molar-refractivity contribution in [2.45, 2.75) is 0 Å². The second-order valence-corrected chi connectivity index (χ2v) is 5.60. The van der Waals surface area contributed by atoms with Gasteiger partial charge in [0, 0.05) is 11.1 Å². The Bertz CT molecular complexity index is 946. The monoisotopic (exact) mass is 324 g/mol. The van der Waals surface area contributed by atoms with Gasteiger partial charge in [0.15, 0.2) is 0 Å². The van der Waals surface area contributed by atoms with Crippen molar-refractivity contribution in [1.82, 2.24) is 14.6 Å². The molecule has 2 aromatic carbocycles. The highest BCUT2D eigenvalue weighted by Gasteiger charge is 2.15. The number of methoxy groups -OCH3 is 1. The van der Waals surface area contributed by atoms with Crippen LogP contribution in [0.2, 0.25) is 0 Å². The van der Waals surface area contributed by atoms with E-state index in [1.807, 2.05) is 48.5 Å².